The molecule has 2 rings (SSSR count). The number of benzene rings is 1. The predicted octanol–water partition coefficient (Wildman–Crippen LogP) is 2.94. The summed E-state index contributed by atoms with van der Waals surface area (Å²) in [5, 5.41) is 4.09. The third-order valence-corrected chi connectivity index (χ3v) is 3.24. The van der Waals surface area contributed by atoms with Crippen LogP contribution in [0.4, 0.5) is 5.69 Å². The molecule has 80 valence electrons. The summed E-state index contributed by atoms with van der Waals surface area (Å²) in [5.41, 5.74) is 7.52. The van der Waals surface area contributed by atoms with Crippen molar-refractivity contribution in [1.82, 2.24) is 0 Å². The van der Waals surface area contributed by atoms with E-state index in [2.05, 4.69) is 12.2 Å². The lowest BCUT2D eigenvalue weighted by molar-refractivity contribution is 0.829. The van der Waals surface area contributed by atoms with Crippen molar-refractivity contribution in [1.29, 1.82) is 0 Å². The normalized spacial score (nSPS) is 17.2. The first-order valence-electron chi connectivity index (χ1n) is 4.88. The van der Waals surface area contributed by atoms with E-state index < -0.39 is 0 Å². The molecule has 0 radical (unpaired) electrons. The number of anilines is 1. The second kappa shape index (κ2) is 3.65. The fourth-order valence-corrected chi connectivity index (χ4v) is 1.76. The molecule has 1 aliphatic rings. The number of hydrogen-bond acceptors (Lipinski definition) is 2. The van der Waals surface area contributed by atoms with E-state index in [0.29, 0.717) is 10.0 Å². The van der Waals surface area contributed by atoms with Gasteiger partial charge >= 0.3 is 0 Å². The van der Waals surface area contributed by atoms with Crippen molar-refractivity contribution in [2.24, 2.45) is 5.73 Å². The van der Waals surface area contributed by atoms with Crippen LogP contribution in [-0.4, -0.2) is 10.5 Å². The van der Waals surface area contributed by atoms with Gasteiger partial charge in [0, 0.05) is 11.1 Å². The summed E-state index contributed by atoms with van der Waals surface area (Å²) in [6, 6.07) is 5.63. The molecular weight excluding hydrogens is 228 g/mol. The van der Waals surface area contributed by atoms with Crippen LogP contribution in [0, 0.1) is 0 Å². The van der Waals surface area contributed by atoms with Crippen molar-refractivity contribution >= 4 is 34.5 Å². The third kappa shape index (κ3) is 2.41. The Morgan fingerprint density at radius 2 is 2.20 bits per heavy atom. The van der Waals surface area contributed by atoms with Crippen molar-refractivity contribution in [2.45, 2.75) is 25.3 Å². The fourth-order valence-electron chi connectivity index (χ4n) is 1.41. The highest BCUT2D eigenvalue weighted by Gasteiger charge is 2.37. The SMILES string of the molecule is CC1(Nc2ccc(C(N)=S)cc2Cl)CC1. The van der Waals surface area contributed by atoms with Gasteiger partial charge in [0.1, 0.15) is 4.99 Å². The highest BCUT2D eigenvalue weighted by molar-refractivity contribution is 7.80. The van der Waals surface area contributed by atoms with E-state index in [-0.39, 0.29) is 5.54 Å². The van der Waals surface area contributed by atoms with E-state index in [1.165, 1.54) is 12.8 Å². The summed E-state index contributed by atoms with van der Waals surface area (Å²) in [5.74, 6) is 0. The summed E-state index contributed by atoms with van der Waals surface area (Å²) in [4.78, 5) is 0.376. The Balaban J connectivity index is 2.22. The van der Waals surface area contributed by atoms with Crippen LogP contribution in [-0.2, 0) is 0 Å². The summed E-state index contributed by atoms with van der Waals surface area (Å²) < 4.78 is 0. The lowest BCUT2D eigenvalue weighted by Gasteiger charge is -2.15. The van der Waals surface area contributed by atoms with Crippen LogP contribution in [0.5, 0.6) is 0 Å². The molecule has 0 aromatic heterocycles. The Labute approximate surface area is 99.8 Å². The molecule has 4 heteroatoms. The minimum Gasteiger partial charge on any atom is -0.389 e. The number of nitrogens with one attached hydrogen (secondary N) is 1. The molecule has 1 aromatic carbocycles. The molecule has 0 aliphatic heterocycles. The predicted molar refractivity (Wildman–Crippen MR) is 68.6 cm³/mol. The maximum absolute atomic E-state index is 6.13. The zero-order chi connectivity index (χ0) is 11.1. The number of rotatable bonds is 3. The van der Waals surface area contributed by atoms with Crippen molar-refractivity contribution in [2.75, 3.05) is 5.32 Å². The minimum absolute atomic E-state index is 0.231. The van der Waals surface area contributed by atoms with Crippen LogP contribution in [0.15, 0.2) is 18.2 Å². The molecule has 15 heavy (non-hydrogen) atoms. The molecule has 1 fully saturated rings. The van der Waals surface area contributed by atoms with Gasteiger partial charge in [0.05, 0.1) is 10.7 Å². The van der Waals surface area contributed by atoms with Gasteiger partial charge in [-0.25, -0.2) is 0 Å². The van der Waals surface area contributed by atoms with E-state index in [4.69, 9.17) is 29.6 Å². The monoisotopic (exact) mass is 240 g/mol. The topological polar surface area (TPSA) is 38.0 Å². The molecule has 3 N–H and O–H groups in total. The van der Waals surface area contributed by atoms with E-state index in [0.717, 1.165) is 11.3 Å². The second-order valence-electron chi connectivity index (χ2n) is 4.24. The van der Waals surface area contributed by atoms with Gasteiger partial charge in [0.2, 0.25) is 0 Å². The van der Waals surface area contributed by atoms with Crippen LogP contribution in [0.3, 0.4) is 0 Å². The second-order valence-corrected chi connectivity index (χ2v) is 5.09. The van der Waals surface area contributed by atoms with Gasteiger partial charge in [-0.15, -0.1) is 0 Å². The number of nitrogens with two attached hydrogens (primary N) is 1. The highest BCUT2D eigenvalue weighted by Crippen LogP contribution is 2.39. The fraction of sp³-hybridized carbons (Fsp3) is 0.364. The van der Waals surface area contributed by atoms with E-state index in [1.54, 1.807) is 6.07 Å². The molecular formula is C11H13ClN2S. The average Bonchev–Trinajstić information content (AvgIpc) is 2.87. The number of halogens is 1. The largest absolute Gasteiger partial charge is 0.389 e. The zero-order valence-corrected chi connectivity index (χ0v) is 10.1. The maximum atomic E-state index is 6.13. The van der Waals surface area contributed by atoms with Crippen molar-refractivity contribution < 1.29 is 0 Å². The van der Waals surface area contributed by atoms with Crippen LogP contribution in [0.1, 0.15) is 25.3 Å². The van der Waals surface area contributed by atoms with Crippen LogP contribution in [0.2, 0.25) is 5.02 Å². The molecule has 0 amide bonds. The first kappa shape index (κ1) is 10.7. The lowest BCUT2D eigenvalue weighted by atomic mass is 10.2. The number of hydrogen-bond donors (Lipinski definition) is 2. The van der Waals surface area contributed by atoms with Gasteiger partial charge < -0.3 is 11.1 Å². The molecule has 0 saturated heterocycles. The lowest BCUT2D eigenvalue weighted by Crippen LogP contribution is -2.16. The standard InChI is InChI=1S/C11H13ClN2S/c1-11(4-5-11)14-9-3-2-7(10(13)15)6-8(9)12/h2-3,6,14H,4-5H2,1H3,(H2,13,15). The molecule has 1 saturated carbocycles. The molecule has 1 aliphatic carbocycles. The van der Waals surface area contributed by atoms with Gasteiger partial charge in [0.15, 0.2) is 0 Å². The summed E-state index contributed by atoms with van der Waals surface area (Å²) in [7, 11) is 0. The number of thiocarbonyl (C=S) groups is 1. The molecule has 0 bridgehead atoms. The molecule has 2 nitrogen and oxygen atoms in total. The van der Waals surface area contributed by atoms with Crippen molar-refractivity contribution in [3.05, 3.63) is 28.8 Å². The Morgan fingerprint density at radius 3 is 2.67 bits per heavy atom. The van der Waals surface area contributed by atoms with Gasteiger partial charge in [-0.05, 0) is 38.0 Å². The summed E-state index contributed by atoms with van der Waals surface area (Å²) >= 11 is 11.0. The van der Waals surface area contributed by atoms with Crippen LogP contribution < -0.4 is 11.1 Å². The molecule has 1 aromatic rings. The highest BCUT2D eigenvalue weighted by atomic mass is 35.5. The van der Waals surface area contributed by atoms with Crippen LogP contribution in [0.25, 0.3) is 0 Å². The van der Waals surface area contributed by atoms with E-state index >= 15 is 0 Å². The maximum Gasteiger partial charge on any atom is 0.104 e. The summed E-state index contributed by atoms with van der Waals surface area (Å²) in [6.45, 7) is 2.19. The quantitative estimate of drug-likeness (QED) is 0.798. The molecule has 0 spiro atoms. The Bertz CT molecular complexity index is 413. The first-order valence-corrected chi connectivity index (χ1v) is 5.66. The Morgan fingerprint density at radius 1 is 1.53 bits per heavy atom. The van der Waals surface area contributed by atoms with Gasteiger partial charge in [-0.3, -0.25) is 0 Å². The average molecular weight is 241 g/mol. The van der Waals surface area contributed by atoms with E-state index in [1.807, 2.05) is 12.1 Å². The van der Waals surface area contributed by atoms with Gasteiger partial charge in [0.25, 0.3) is 0 Å². The Kier molecular flexibility index (Phi) is 2.61. The molecule has 0 heterocycles. The van der Waals surface area contributed by atoms with Crippen molar-refractivity contribution in [3.63, 3.8) is 0 Å². The summed E-state index contributed by atoms with van der Waals surface area (Å²) in [6.07, 6.45) is 2.39. The van der Waals surface area contributed by atoms with Gasteiger partial charge in [-0.2, -0.15) is 0 Å². The Hall–Kier alpha value is -0.800. The van der Waals surface area contributed by atoms with Gasteiger partial charge in [-0.1, -0.05) is 23.8 Å². The van der Waals surface area contributed by atoms with Crippen LogP contribution >= 0.6 is 23.8 Å². The zero-order valence-electron chi connectivity index (χ0n) is 8.51. The molecule has 0 unspecified atom stereocenters. The van der Waals surface area contributed by atoms with E-state index in [9.17, 15) is 0 Å². The molecule has 0 atom stereocenters. The van der Waals surface area contributed by atoms with Crippen molar-refractivity contribution in [3.8, 4) is 0 Å². The first-order chi connectivity index (χ1) is 7.00. The minimum atomic E-state index is 0.231. The smallest absolute Gasteiger partial charge is 0.104 e. The third-order valence-electron chi connectivity index (χ3n) is 2.69.